The van der Waals surface area contributed by atoms with Crippen molar-refractivity contribution >= 4 is 17.4 Å². The standard InChI is InChI=1S/C23H25N3S/c24-13-6-14-25-15-11-19(12-16-25)21-9-4-5-10-22(21)26-17-18-27-23(26)20-7-2-1-3-8-20/h1-5,7-10,17-19,23H,6,11-12,14-16H2. The first-order valence-corrected chi connectivity index (χ1v) is 10.6. The normalized spacial score (nSPS) is 20.7. The van der Waals surface area contributed by atoms with E-state index in [0.717, 1.165) is 19.6 Å². The van der Waals surface area contributed by atoms with Gasteiger partial charge in [-0.15, -0.1) is 11.8 Å². The first kappa shape index (κ1) is 18.2. The molecule has 2 aliphatic rings. The Hall–Kier alpha value is -2.22. The van der Waals surface area contributed by atoms with E-state index >= 15 is 0 Å². The number of hydrogen-bond donors (Lipinski definition) is 0. The second-order valence-corrected chi connectivity index (χ2v) is 8.17. The van der Waals surface area contributed by atoms with Crippen LogP contribution in [0.25, 0.3) is 0 Å². The van der Waals surface area contributed by atoms with Crippen LogP contribution in [0.5, 0.6) is 0 Å². The first-order chi connectivity index (χ1) is 13.4. The summed E-state index contributed by atoms with van der Waals surface area (Å²) in [6, 6.07) is 21.9. The summed E-state index contributed by atoms with van der Waals surface area (Å²) in [4.78, 5) is 4.86. The van der Waals surface area contributed by atoms with Gasteiger partial charge in [-0.25, -0.2) is 0 Å². The number of para-hydroxylation sites is 1. The molecule has 1 unspecified atom stereocenters. The molecular formula is C23H25N3S. The molecule has 1 fully saturated rings. The third-order valence-electron chi connectivity index (χ3n) is 5.55. The number of nitriles is 1. The number of piperidine rings is 1. The fraction of sp³-hybridized carbons (Fsp3) is 0.348. The van der Waals surface area contributed by atoms with Gasteiger partial charge in [0.15, 0.2) is 0 Å². The monoisotopic (exact) mass is 375 g/mol. The van der Waals surface area contributed by atoms with Crippen molar-refractivity contribution in [1.29, 1.82) is 5.26 Å². The smallest absolute Gasteiger partial charge is 0.109 e. The van der Waals surface area contributed by atoms with Gasteiger partial charge < -0.3 is 9.80 Å². The van der Waals surface area contributed by atoms with Gasteiger partial charge in [0.05, 0.1) is 6.07 Å². The summed E-state index contributed by atoms with van der Waals surface area (Å²) in [6.07, 6.45) is 5.20. The number of anilines is 1. The Bertz CT molecular complexity index is 819. The third-order valence-corrected chi connectivity index (χ3v) is 6.58. The van der Waals surface area contributed by atoms with Crippen molar-refractivity contribution in [3.63, 3.8) is 0 Å². The maximum absolute atomic E-state index is 8.81. The van der Waals surface area contributed by atoms with Crippen LogP contribution in [0.3, 0.4) is 0 Å². The van der Waals surface area contributed by atoms with Gasteiger partial charge in [0.1, 0.15) is 5.37 Å². The van der Waals surface area contributed by atoms with Crippen molar-refractivity contribution < 1.29 is 0 Å². The molecule has 0 bridgehead atoms. The fourth-order valence-corrected chi connectivity index (χ4v) is 5.11. The molecule has 0 aliphatic carbocycles. The Morgan fingerprint density at radius 3 is 2.52 bits per heavy atom. The summed E-state index contributed by atoms with van der Waals surface area (Å²) < 4.78 is 0. The molecule has 0 amide bonds. The van der Waals surface area contributed by atoms with E-state index in [1.807, 2.05) is 11.8 Å². The molecule has 27 heavy (non-hydrogen) atoms. The lowest BCUT2D eigenvalue weighted by Gasteiger charge is -2.34. The van der Waals surface area contributed by atoms with E-state index in [0.29, 0.717) is 17.7 Å². The second kappa shape index (κ2) is 8.65. The van der Waals surface area contributed by atoms with E-state index in [2.05, 4.69) is 82.1 Å². The van der Waals surface area contributed by atoms with E-state index in [1.54, 1.807) is 0 Å². The lowest BCUT2D eigenvalue weighted by atomic mass is 9.88. The largest absolute Gasteiger partial charge is 0.330 e. The van der Waals surface area contributed by atoms with Crippen LogP contribution >= 0.6 is 11.8 Å². The molecule has 1 atom stereocenters. The van der Waals surface area contributed by atoms with Crippen LogP contribution in [0.15, 0.2) is 66.2 Å². The van der Waals surface area contributed by atoms with Crippen LogP contribution in [-0.4, -0.2) is 24.5 Å². The summed E-state index contributed by atoms with van der Waals surface area (Å²) in [5.74, 6) is 0.593. The third kappa shape index (κ3) is 4.05. The van der Waals surface area contributed by atoms with Crippen LogP contribution in [0.4, 0.5) is 5.69 Å². The van der Waals surface area contributed by atoms with Crippen molar-refractivity contribution in [2.45, 2.75) is 30.6 Å². The van der Waals surface area contributed by atoms with Gasteiger partial charge in [-0.05, 0) is 54.5 Å². The molecule has 2 heterocycles. The zero-order valence-electron chi connectivity index (χ0n) is 15.5. The Morgan fingerprint density at radius 2 is 1.74 bits per heavy atom. The van der Waals surface area contributed by atoms with Crippen LogP contribution in [0, 0.1) is 11.3 Å². The van der Waals surface area contributed by atoms with E-state index in [9.17, 15) is 0 Å². The molecule has 4 rings (SSSR count). The molecule has 2 aliphatic heterocycles. The SMILES string of the molecule is N#CCCN1CCC(c2ccccc2N2C=CSC2c2ccccc2)CC1. The van der Waals surface area contributed by atoms with Gasteiger partial charge in [-0.1, -0.05) is 48.5 Å². The summed E-state index contributed by atoms with van der Waals surface area (Å²) in [6.45, 7) is 3.09. The van der Waals surface area contributed by atoms with Crippen LogP contribution in [0.1, 0.15) is 41.7 Å². The number of hydrogen-bond acceptors (Lipinski definition) is 4. The van der Waals surface area contributed by atoms with Gasteiger partial charge in [0.25, 0.3) is 0 Å². The predicted molar refractivity (Wildman–Crippen MR) is 113 cm³/mol. The summed E-state index contributed by atoms with van der Waals surface area (Å²) in [7, 11) is 0. The summed E-state index contributed by atoms with van der Waals surface area (Å²) >= 11 is 1.87. The highest BCUT2D eigenvalue weighted by molar-refractivity contribution is 8.02. The molecular weight excluding hydrogens is 350 g/mol. The van der Waals surface area contributed by atoms with E-state index in [4.69, 9.17) is 5.26 Å². The highest BCUT2D eigenvalue weighted by Gasteiger charge is 2.28. The molecule has 2 aromatic rings. The highest BCUT2D eigenvalue weighted by atomic mass is 32.2. The quantitative estimate of drug-likeness (QED) is 0.690. The minimum absolute atomic E-state index is 0.308. The van der Waals surface area contributed by atoms with E-state index < -0.39 is 0 Å². The molecule has 0 N–H and O–H groups in total. The maximum Gasteiger partial charge on any atom is 0.109 e. The van der Waals surface area contributed by atoms with Crippen molar-refractivity contribution in [2.24, 2.45) is 0 Å². The lowest BCUT2D eigenvalue weighted by molar-refractivity contribution is 0.216. The van der Waals surface area contributed by atoms with E-state index in [-0.39, 0.29) is 0 Å². The second-order valence-electron chi connectivity index (χ2n) is 7.17. The van der Waals surface area contributed by atoms with Gasteiger partial charge in [0, 0.05) is 24.9 Å². The molecule has 2 aromatic carbocycles. The molecule has 0 spiro atoms. The van der Waals surface area contributed by atoms with Crippen LogP contribution in [-0.2, 0) is 0 Å². The van der Waals surface area contributed by atoms with Crippen LogP contribution < -0.4 is 4.90 Å². The molecule has 0 radical (unpaired) electrons. The average molecular weight is 376 g/mol. The molecule has 0 saturated carbocycles. The summed E-state index contributed by atoms with van der Waals surface area (Å²) in [5.41, 5.74) is 4.14. The van der Waals surface area contributed by atoms with Crippen molar-refractivity contribution in [2.75, 3.05) is 24.5 Å². The average Bonchev–Trinajstić information content (AvgIpc) is 3.23. The van der Waals surface area contributed by atoms with Gasteiger partial charge in [0.2, 0.25) is 0 Å². The molecule has 138 valence electrons. The molecule has 3 nitrogen and oxygen atoms in total. The van der Waals surface area contributed by atoms with Crippen molar-refractivity contribution in [3.05, 3.63) is 77.3 Å². The Labute approximate surface area is 166 Å². The number of benzene rings is 2. The Kier molecular flexibility index (Phi) is 5.81. The predicted octanol–water partition coefficient (Wildman–Crippen LogP) is 5.50. The molecule has 4 heteroatoms. The molecule has 1 saturated heterocycles. The van der Waals surface area contributed by atoms with Crippen molar-refractivity contribution in [1.82, 2.24) is 4.90 Å². The Morgan fingerprint density at radius 1 is 1.00 bits per heavy atom. The lowest BCUT2D eigenvalue weighted by Crippen LogP contribution is -2.34. The maximum atomic E-state index is 8.81. The van der Waals surface area contributed by atoms with Gasteiger partial charge in [-0.3, -0.25) is 0 Å². The summed E-state index contributed by atoms with van der Waals surface area (Å²) in [5, 5.41) is 11.3. The minimum Gasteiger partial charge on any atom is -0.330 e. The topological polar surface area (TPSA) is 30.3 Å². The minimum atomic E-state index is 0.308. The number of rotatable bonds is 5. The van der Waals surface area contributed by atoms with Gasteiger partial charge in [-0.2, -0.15) is 5.26 Å². The number of nitrogens with zero attached hydrogens (tertiary/aromatic N) is 3. The first-order valence-electron chi connectivity index (χ1n) is 9.70. The number of likely N-dealkylation sites (tertiary alicyclic amines) is 1. The molecule has 0 aromatic heterocycles. The zero-order valence-corrected chi connectivity index (χ0v) is 16.3. The van der Waals surface area contributed by atoms with Crippen LogP contribution in [0.2, 0.25) is 0 Å². The Balaban J connectivity index is 1.54. The zero-order chi connectivity index (χ0) is 18.5. The van der Waals surface area contributed by atoms with E-state index in [1.165, 1.54) is 29.7 Å². The van der Waals surface area contributed by atoms with Gasteiger partial charge >= 0.3 is 0 Å². The fourth-order valence-electron chi connectivity index (χ4n) is 4.13. The number of thioether (sulfide) groups is 1. The highest BCUT2D eigenvalue weighted by Crippen LogP contribution is 2.45. The van der Waals surface area contributed by atoms with Crippen molar-refractivity contribution in [3.8, 4) is 6.07 Å².